The molecule has 0 spiro atoms. The van der Waals surface area contributed by atoms with Crippen molar-refractivity contribution in [1.82, 2.24) is 4.81 Å². The molecule has 1 aromatic carbocycles. The van der Waals surface area contributed by atoms with Gasteiger partial charge in [0.1, 0.15) is 18.0 Å². The van der Waals surface area contributed by atoms with E-state index in [2.05, 4.69) is 23.1 Å². The first-order valence-corrected chi connectivity index (χ1v) is 7.28. The van der Waals surface area contributed by atoms with Crippen LogP contribution in [0.4, 0.5) is 0 Å². The number of pyridine rings is 1. The maximum absolute atomic E-state index is 7.56. The molecule has 0 radical (unpaired) electrons. The van der Waals surface area contributed by atoms with Crippen LogP contribution in [0.2, 0.25) is 0 Å². The molecule has 0 atom stereocenters. The van der Waals surface area contributed by atoms with Crippen LogP contribution in [-0.2, 0) is 7.05 Å². The fourth-order valence-electron chi connectivity index (χ4n) is 3.11. The molecule has 22 heavy (non-hydrogen) atoms. The molecule has 1 aliphatic heterocycles. The smallest absolute Gasteiger partial charge is 0.399 e. The summed E-state index contributed by atoms with van der Waals surface area (Å²) in [5.41, 5.74) is 3.06. The van der Waals surface area contributed by atoms with Gasteiger partial charge in [0.2, 0.25) is 0 Å². The van der Waals surface area contributed by atoms with Crippen LogP contribution in [0.5, 0.6) is 0 Å². The van der Waals surface area contributed by atoms with Gasteiger partial charge in [-0.1, -0.05) is 18.2 Å². The lowest BCUT2D eigenvalue weighted by molar-refractivity contribution is -0.654. The standard InChI is InChI=1S/C18H18BN2O/c1-13-8-9-18(20(2)11-13)19-10-17-15(12-21(19)3)14-6-4-5-7-16(14)22-17/h4-12H,1-3H3/q+1/i1D3. The summed E-state index contributed by atoms with van der Waals surface area (Å²) in [6.45, 7) is -2.13. The molecule has 3 aromatic rings. The summed E-state index contributed by atoms with van der Waals surface area (Å²) in [6, 6.07) is 11.5. The van der Waals surface area contributed by atoms with Crippen molar-refractivity contribution in [3.8, 4) is 0 Å². The lowest BCUT2D eigenvalue weighted by Gasteiger charge is -2.20. The quantitative estimate of drug-likeness (QED) is 0.480. The highest BCUT2D eigenvalue weighted by atomic mass is 16.3. The normalized spacial score (nSPS) is 16.4. The Morgan fingerprint density at radius 2 is 2.09 bits per heavy atom. The molecule has 0 bridgehead atoms. The molecule has 0 aliphatic carbocycles. The lowest BCUT2D eigenvalue weighted by Crippen LogP contribution is -2.60. The molecule has 2 aromatic heterocycles. The Kier molecular flexibility index (Phi) is 2.23. The van der Waals surface area contributed by atoms with E-state index < -0.39 is 6.85 Å². The Labute approximate surface area is 134 Å². The Morgan fingerprint density at radius 3 is 2.91 bits per heavy atom. The van der Waals surface area contributed by atoms with E-state index in [-0.39, 0.29) is 6.85 Å². The number of hydrogen-bond acceptors (Lipinski definition) is 2. The maximum atomic E-state index is 7.56. The minimum absolute atomic E-state index is 0.0243. The number of fused-ring (bicyclic) bond motifs is 3. The van der Waals surface area contributed by atoms with Gasteiger partial charge in [-0.3, -0.25) is 0 Å². The van der Waals surface area contributed by atoms with Gasteiger partial charge >= 0.3 is 6.85 Å². The van der Waals surface area contributed by atoms with Crippen LogP contribution >= 0.6 is 0 Å². The topological polar surface area (TPSA) is 20.3 Å². The summed E-state index contributed by atoms with van der Waals surface area (Å²) in [7, 11) is 3.89. The summed E-state index contributed by atoms with van der Waals surface area (Å²) in [5, 5.41) is 2.18. The van der Waals surface area contributed by atoms with Crippen LogP contribution in [0.25, 0.3) is 23.1 Å². The second-order valence-electron chi connectivity index (χ2n) is 5.74. The monoisotopic (exact) mass is 292 g/mol. The van der Waals surface area contributed by atoms with Gasteiger partial charge in [0.25, 0.3) is 0 Å². The van der Waals surface area contributed by atoms with Crippen molar-refractivity contribution in [2.45, 2.75) is 6.85 Å². The summed E-state index contributed by atoms with van der Waals surface area (Å²) in [6.07, 6.45) is 3.77. The maximum Gasteiger partial charge on any atom is 0.399 e. The lowest BCUT2D eigenvalue weighted by atomic mass is 9.56. The number of rotatable bonds is 1. The highest BCUT2D eigenvalue weighted by Crippen LogP contribution is 2.09. The summed E-state index contributed by atoms with van der Waals surface area (Å²) in [5.74, 6) is 2.08. The van der Waals surface area contributed by atoms with Gasteiger partial charge in [-0.25, -0.2) is 4.57 Å². The van der Waals surface area contributed by atoms with E-state index in [0.717, 1.165) is 27.2 Å². The molecule has 3 heterocycles. The fraction of sp³-hybridized carbons (Fsp3) is 0.167. The van der Waals surface area contributed by atoms with E-state index in [1.165, 1.54) is 0 Å². The van der Waals surface area contributed by atoms with E-state index in [1.807, 2.05) is 42.9 Å². The van der Waals surface area contributed by atoms with Crippen molar-refractivity contribution < 1.29 is 13.1 Å². The fourth-order valence-corrected chi connectivity index (χ4v) is 3.11. The van der Waals surface area contributed by atoms with E-state index >= 15 is 0 Å². The van der Waals surface area contributed by atoms with Crippen LogP contribution in [-0.4, -0.2) is 18.7 Å². The number of aryl methyl sites for hydroxylation is 2. The van der Waals surface area contributed by atoms with E-state index in [1.54, 1.807) is 12.3 Å². The van der Waals surface area contributed by atoms with Crippen molar-refractivity contribution in [2.24, 2.45) is 7.05 Å². The predicted molar refractivity (Wildman–Crippen MR) is 89.9 cm³/mol. The second-order valence-corrected chi connectivity index (χ2v) is 5.74. The van der Waals surface area contributed by atoms with Crippen molar-refractivity contribution in [3.63, 3.8) is 0 Å². The third-order valence-corrected chi connectivity index (χ3v) is 4.22. The third kappa shape index (κ3) is 1.95. The predicted octanol–water partition coefficient (Wildman–Crippen LogP) is 0.468. The highest BCUT2D eigenvalue weighted by molar-refractivity contribution is 6.82. The number of aromatic nitrogens is 1. The molecular weight excluding hydrogens is 271 g/mol. The van der Waals surface area contributed by atoms with E-state index in [9.17, 15) is 0 Å². The molecule has 0 saturated heterocycles. The van der Waals surface area contributed by atoms with Gasteiger partial charge < -0.3 is 9.23 Å². The molecule has 0 unspecified atom stereocenters. The first kappa shape index (κ1) is 10.3. The van der Waals surface area contributed by atoms with Crippen LogP contribution in [0, 0.1) is 6.85 Å². The van der Waals surface area contributed by atoms with Crippen LogP contribution < -0.4 is 20.8 Å². The first-order valence-electron chi connectivity index (χ1n) is 8.78. The molecule has 3 nitrogen and oxygen atoms in total. The average Bonchev–Trinajstić information content (AvgIpc) is 2.91. The second kappa shape index (κ2) is 4.77. The minimum Gasteiger partial charge on any atom is -0.457 e. The van der Waals surface area contributed by atoms with Crippen LogP contribution in [0.15, 0.2) is 47.0 Å². The van der Waals surface area contributed by atoms with Gasteiger partial charge in [-0.15, -0.1) is 0 Å². The summed E-state index contributed by atoms with van der Waals surface area (Å²) < 4.78 is 30.6. The van der Waals surface area contributed by atoms with Gasteiger partial charge in [-0.05, 0) is 44.3 Å². The Balaban J connectivity index is 1.85. The summed E-state index contributed by atoms with van der Waals surface area (Å²) in [4.78, 5) is 2.12. The number of para-hydroxylation sites is 1. The van der Waals surface area contributed by atoms with Crippen LogP contribution in [0.1, 0.15) is 9.68 Å². The first-order chi connectivity index (χ1) is 11.8. The molecule has 0 amide bonds. The SMILES string of the molecule is [2H]C([2H])([2H])c1ccc(B2C=c3oc4ccccc4c3=CN2C)[n+](C)c1. The van der Waals surface area contributed by atoms with Gasteiger partial charge in [-0.2, -0.15) is 0 Å². The molecule has 4 heteroatoms. The Bertz CT molecular complexity index is 1090. The van der Waals surface area contributed by atoms with E-state index in [4.69, 9.17) is 8.53 Å². The molecule has 108 valence electrons. The molecule has 1 aliphatic rings. The number of hydrogen-bond donors (Lipinski definition) is 0. The Morgan fingerprint density at radius 1 is 1.23 bits per heavy atom. The van der Waals surface area contributed by atoms with Crippen LogP contribution in [0.3, 0.4) is 0 Å². The number of benzene rings is 1. The van der Waals surface area contributed by atoms with Gasteiger partial charge in [0.15, 0.2) is 11.8 Å². The third-order valence-electron chi connectivity index (χ3n) is 4.22. The summed E-state index contributed by atoms with van der Waals surface area (Å²) >= 11 is 0. The number of furan rings is 1. The molecule has 0 N–H and O–H groups in total. The molecule has 0 saturated carbocycles. The van der Waals surface area contributed by atoms with E-state index in [0.29, 0.717) is 5.56 Å². The van der Waals surface area contributed by atoms with Gasteiger partial charge in [0, 0.05) is 20.3 Å². The Hall–Kier alpha value is -2.49. The van der Waals surface area contributed by atoms with Crippen molar-refractivity contribution in [2.75, 3.05) is 7.05 Å². The molecular formula is C18H18BN2O+. The largest absolute Gasteiger partial charge is 0.457 e. The van der Waals surface area contributed by atoms with Crippen molar-refractivity contribution >= 4 is 35.6 Å². The molecule has 4 rings (SSSR count). The van der Waals surface area contributed by atoms with Crippen molar-refractivity contribution in [3.05, 3.63) is 58.8 Å². The zero-order valence-corrected chi connectivity index (χ0v) is 12.6. The zero-order chi connectivity index (χ0) is 17.8. The average molecular weight is 292 g/mol. The van der Waals surface area contributed by atoms with Gasteiger partial charge in [0.05, 0.1) is 0 Å². The molecule has 0 fully saturated rings. The zero-order valence-electron chi connectivity index (χ0n) is 15.6. The number of nitrogens with zero attached hydrogens (tertiary/aromatic N) is 2. The highest BCUT2D eigenvalue weighted by Gasteiger charge is 2.30. The minimum atomic E-state index is -2.10. The van der Waals surface area contributed by atoms with Crippen molar-refractivity contribution in [1.29, 1.82) is 0 Å².